The van der Waals surface area contributed by atoms with Gasteiger partial charge < -0.3 is 9.67 Å². The predicted octanol–water partition coefficient (Wildman–Crippen LogP) is 2.53. The van der Waals surface area contributed by atoms with Gasteiger partial charge in [0, 0.05) is 12.4 Å². The van der Waals surface area contributed by atoms with E-state index < -0.39 is 5.97 Å². The lowest BCUT2D eigenvalue weighted by Gasteiger charge is -2.05. The molecule has 1 N–H and O–H groups in total. The van der Waals surface area contributed by atoms with E-state index in [9.17, 15) is 4.79 Å². The van der Waals surface area contributed by atoms with Crippen LogP contribution in [-0.4, -0.2) is 20.6 Å². The summed E-state index contributed by atoms with van der Waals surface area (Å²) < 4.78 is 1.50. The van der Waals surface area contributed by atoms with Gasteiger partial charge in [0.15, 0.2) is 0 Å². The van der Waals surface area contributed by atoms with E-state index in [1.165, 1.54) is 10.6 Å². The molecule has 16 heavy (non-hydrogen) atoms. The molecule has 2 rings (SSSR count). The van der Waals surface area contributed by atoms with Crippen LogP contribution in [0.25, 0.3) is 5.69 Å². The largest absolute Gasteiger partial charge is 0.477 e. The summed E-state index contributed by atoms with van der Waals surface area (Å²) in [5.74, 6) is -1.02. The fourth-order valence-corrected chi connectivity index (χ4v) is 1.68. The van der Waals surface area contributed by atoms with Gasteiger partial charge >= 0.3 is 5.97 Å². The van der Waals surface area contributed by atoms with E-state index in [1.807, 2.05) is 13.0 Å². The van der Waals surface area contributed by atoms with E-state index in [0.29, 0.717) is 10.7 Å². The summed E-state index contributed by atoms with van der Waals surface area (Å²) in [7, 11) is 0. The lowest BCUT2D eigenvalue weighted by Crippen LogP contribution is -2.05. The monoisotopic (exact) mass is 236 g/mol. The Morgan fingerprint density at radius 2 is 2.19 bits per heavy atom. The van der Waals surface area contributed by atoms with Crippen LogP contribution in [0.3, 0.4) is 0 Å². The molecule has 82 valence electrons. The molecule has 0 radical (unpaired) electrons. The smallest absolute Gasteiger partial charge is 0.352 e. The third kappa shape index (κ3) is 1.92. The second-order valence-electron chi connectivity index (χ2n) is 3.44. The zero-order chi connectivity index (χ0) is 11.7. The SMILES string of the molecule is Cc1cncc(-n2cc(Cl)cc2C(=O)O)c1. The van der Waals surface area contributed by atoms with Crippen LogP contribution < -0.4 is 0 Å². The number of carboxylic acids is 1. The molecule has 0 amide bonds. The highest BCUT2D eigenvalue weighted by Crippen LogP contribution is 2.19. The Kier molecular flexibility index (Phi) is 2.66. The van der Waals surface area contributed by atoms with Gasteiger partial charge in [-0.15, -0.1) is 0 Å². The van der Waals surface area contributed by atoms with E-state index in [0.717, 1.165) is 5.56 Å². The van der Waals surface area contributed by atoms with Crippen molar-refractivity contribution in [3.63, 3.8) is 0 Å². The Hall–Kier alpha value is -1.81. The molecule has 0 atom stereocenters. The van der Waals surface area contributed by atoms with Crippen LogP contribution in [-0.2, 0) is 0 Å². The van der Waals surface area contributed by atoms with Gasteiger partial charge in [-0.1, -0.05) is 11.6 Å². The van der Waals surface area contributed by atoms with Crippen molar-refractivity contribution in [2.75, 3.05) is 0 Å². The van der Waals surface area contributed by atoms with Gasteiger partial charge in [0.1, 0.15) is 5.69 Å². The van der Waals surface area contributed by atoms with Crippen molar-refractivity contribution in [3.05, 3.63) is 47.0 Å². The fraction of sp³-hybridized carbons (Fsp3) is 0.0909. The molecule has 0 spiro atoms. The van der Waals surface area contributed by atoms with Crippen LogP contribution in [0.4, 0.5) is 0 Å². The number of aromatic nitrogens is 2. The summed E-state index contributed by atoms with van der Waals surface area (Å²) in [5.41, 5.74) is 1.76. The first-order valence-corrected chi connectivity index (χ1v) is 4.99. The van der Waals surface area contributed by atoms with E-state index in [2.05, 4.69) is 4.98 Å². The van der Waals surface area contributed by atoms with Crippen molar-refractivity contribution in [1.82, 2.24) is 9.55 Å². The fourth-order valence-electron chi connectivity index (χ4n) is 1.48. The Balaban J connectivity index is 2.59. The number of halogens is 1. The van der Waals surface area contributed by atoms with Gasteiger partial charge in [-0.25, -0.2) is 4.79 Å². The van der Waals surface area contributed by atoms with Crippen LogP contribution in [0.1, 0.15) is 16.1 Å². The first-order valence-electron chi connectivity index (χ1n) is 4.61. The van der Waals surface area contributed by atoms with Crippen LogP contribution >= 0.6 is 11.6 Å². The molecule has 0 aromatic carbocycles. The van der Waals surface area contributed by atoms with Crippen LogP contribution in [0, 0.1) is 6.92 Å². The maximum Gasteiger partial charge on any atom is 0.352 e. The van der Waals surface area contributed by atoms with Crippen molar-refractivity contribution in [2.24, 2.45) is 0 Å². The molecular formula is C11H9ClN2O2. The van der Waals surface area contributed by atoms with Gasteiger partial charge in [0.2, 0.25) is 0 Å². The highest BCUT2D eigenvalue weighted by atomic mass is 35.5. The summed E-state index contributed by atoms with van der Waals surface area (Å²) in [6.07, 6.45) is 4.85. The van der Waals surface area contributed by atoms with Gasteiger partial charge in [-0.2, -0.15) is 0 Å². The normalized spacial score (nSPS) is 10.4. The summed E-state index contributed by atoms with van der Waals surface area (Å²) in [5, 5.41) is 9.40. The topological polar surface area (TPSA) is 55.1 Å². The number of carboxylic acid groups (broad SMARTS) is 1. The third-order valence-electron chi connectivity index (χ3n) is 2.14. The average Bonchev–Trinajstić information content (AvgIpc) is 2.60. The second kappa shape index (κ2) is 3.98. The number of rotatable bonds is 2. The number of pyridine rings is 1. The molecular weight excluding hydrogens is 228 g/mol. The molecule has 2 aromatic heterocycles. The number of nitrogens with zero attached hydrogens (tertiary/aromatic N) is 2. The highest BCUT2D eigenvalue weighted by molar-refractivity contribution is 6.31. The average molecular weight is 237 g/mol. The second-order valence-corrected chi connectivity index (χ2v) is 3.88. The molecule has 0 aliphatic rings. The third-order valence-corrected chi connectivity index (χ3v) is 2.35. The molecule has 0 aliphatic heterocycles. The summed E-state index contributed by atoms with van der Waals surface area (Å²) in [4.78, 5) is 15.0. The summed E-state index contributed by atoms with van der Waals surface area (Å²) >= 11 is 5.79. The number of aryl methyl sites for hydroxylation is 1. The van der Waals surface area contributed by atoms with Crippen LogP contribution in [0.5, 0.6) is 0 Å². The molecule has 0 saturated heterocycles. The van der Waals surface area contributed by atoms with Crippen molar-refractivity contribution in [1.29, 1.82) is 0 Å². The maximum atomic E-state index is 11.0. The lowest BCUT2D eigenvalue weighted by atomic mass is 10.3. The molecule has 0 bridgehead atoms. The van der Waals surface area contributed by atoms with Gasteiger partial charge in [0.25, 0.3) is 0 Å². The first kappa shape index (κ1) is 10.7. The van der Waals surface area contributed by atoms with Crippen LogP contribution in [0.15, 0.2) is 30.7 Å². The minimum atomic E-state index is -1.02. The van der Waals surface area contributed by atoms with Gasteiger partial charge in [0.05, 0.1) is 16.9 Å². The first-order chi connectivity index (χ1) is 7.58. The zero-order valence-corrected chi connectivity index (χ0v) is 9.27. The maximum absolute atomic E-state index is 11.0. The Bertz CT molecular complexity index is 549. The Labute approximate surface area is 97.1 Å². The quantitative estimate of drug-likeness (QED) is 0.872. The number of aromatic carboxylic acids is 1. The van der Waals surface area contributed by atoms with Crippen molar-refractivity contribution >= 4 is 17.6 Å². The molecule has 2 aromatic rings. The molecule has 0 fully saturated rings. The summed E-state index contributed by atoms with van der Waals surface area (Å²) in [6.45, 7) is 1.89. The van der Waals surface area contributed by atoms with E-state index >= 15 is 0 Å². The lowest BCUT2D eigenvalue weighted by molar-refractivity contribution is 0.0688. The number of hydrogen-bond donors (Lipinski definition) is 1. The zero-order valence-electron chi connectivity index (χ0n) is 8.51. The Morgan fingerprint density at radius 3 is 2.81 bits per heavy atom. The van der Waals surface area contributed by atoms with Gasteiger partial charge in [-0.3, -0.25) is 4.98 Å². The highest BCUT2D eigenvalue weighted by Gasteiger charge is 2.13. The van der Waals surface area contributed by atoms with Crippen molar-refractivity contribution < 1.29 is 9.90 Å². The summed E-state index contributed by atoms with van der Waals surface area (Å²) in [6, 6.07) is 3.25. The molecule has 5 heteroatoms. The van der Waals surface area contributed by atoms with Gasteiger partial charge in [-0.05, 0) is 24.6 Å². The van der Waals surface area contributed by atoms with Crippen molar-refractivity contribution in [2.45, 2.75) is 6.92 Å². The van der Waals surface area contributed by atoms with Crippen molar-refractivity contribution in [3.8, 4) is 5.69 Å². The van der Waals surface area contributed by atoms with E-state index in [4.69, 9.17) is 16.7 Å². The van der Waals surface area contributed by atoms with E-state index in [1.54, 1.807) is 18.6 Å². The Morgan fingerprint density at radius 1 is 1.44 bits per heavy atom. The number of hydrogen-bond acceptors (Lipinski definition) is 2. The number of carbonyl (C=O) groups is 1. The minimum absolute atomic E-state index is 0.123. The molecule has 0 saturated carbocycles. The molecule has 0 unspecified atom stereocenters. The molecule has 2 heterocycles. The molecule has 0 aliphatic carbocycles. The van der Waals surface area contributed by atoms with Crippen LogP contribution in [0.2, 0.25) is 5.02 Å². The minimum Gasteiger partial charge on any atom is -0.477 e. The predicted molar refractivity (Wildman–Crippen MR) is 60.3 cm³/mol. The van der Waals surface area contributed by atoms with E-state index in [-0.39, 0.29) is 5.69 Å². The standard InChI is InChI=1S/C11H9ClN2O2/c1-7-2-9(5-13-4-7)14-6-8(12)3-10(14)11(15)16/h2-6H,1H3,(H,15,16). The molecule has 4 nitrogen and oxygen atoms in total.